The van der Waals surface area contributed by atoms with Crippen LogP contribution in [0.25, 0.3) is 0 Å². The lowest BCUT2D eigenvalue weighted by molar-refractivity contribution is -0.158. The van der Waals surface area contributed by atoms with Crippen LogP contribution in [0.3, 0.4) is 0 Å². The summed E-state index contributed by atoms with van der Waals surface area (Å²) in [5.74, 6) is -1.79. The van der Waals surface area contributed by atoms with Crippen molar-refractivity contribution in [3.8, 4) is 5.75 Å². The zero-order valence-corrected chi connectivity index (χ0v) is 16.8. The monoisotopic (exact) mass is 414 g/mol. The summed E-state index contributed by atoms with van der Waals surface area (Å²) in [6.07, 6.45) is -1.02. The molecule has 0 unspecified atom stereocenters. The predicted octanol–water partition coefficient (Wildman–Crippen LogP) is 2.44. The average Bonchev–Trinajstić information content (AvgIpc) is 3.14. The van der Waals surface area contributed by atoms with Crippen LogP contribution < -0.4 is 15.0 Å². The molecule has 1 heterocycles. The largest absolute Gasteiger partial charge is 0.495 e. The van der Waals surface area contributed by atoms with Gasteiger partial charge >= 0.3 is 5.97 Å². The van der Waals surface area contributed by atoms with Crippen molar-refractivity contribution in [2.24, 2.45) is 5.92 Å². The number of anilines is 1. The number of esters is 1. The Hall–Kier alpha value is -3.42. The number of rotatable bonds is 7. The summed E-state index contributed by atoms with van der Waals surface area (Å²) in [7, 11) is 1.51. The number of nitrogens with zero attached hydrogens (tertiary/aromatic N) is 1. The topological polar surface area (TPSA) is 84.9 Å². The fourth-order valence-electron chi connectivity index (χ4n) is 3.21. The molecule has 0 aromatic heterocycles. The molecule has 0 spiro atoms. The van der Waals surface area contributed by atoms with Crippen molar-refractivity contribution in [2.75, 3.05) is 18.6 Å². The van der Waals surface area contributed by atoms with Crippen molar-refractivity contribution in [1.82, 2.24) is 5.32 Å². The second-order valence-corrected chi connectivity index (χ2v) is 7.00. The summed E-state index contributed by atoms with van der Waals surface area (Å²) >= 11 is 0. The molecule has 7 nitrogen and oxygen atoms in total. The Morgan fingerprint density at radius 3 is 2.60 bits per heavy atom. The number of hydrogen-bond donors (Lipinski definition) is 1. The van der Waals surface area contributed by atoms with E-state index >= 15 is 0 Å². The fraction of sp³-hybridized carbons (Fsp3) is 0.318. The number of carbonyl (C=O) groups is 3. The van der Waals surface area contributed by atoms with Crippen molar-refractivity contribution in [3.63, 3.8) is 0 Å². The van der Waals surface area contributed by atoms with Gasteiger partial charge in [0.15, 0.2) is 6.10 Å². The van der Waals surface area contributed by atoms with Crippen LogP contribution in [0.2, 0.25) is 0 Å². The lowest BCUT2D eigenvalue weighted by atomic mass is 10.1. The van der Waals surface area contributed by atoms with E-state index in [4.69, 9.17) is 9.47 Å². The van der Waals surface area contributed by atoms with E-state index in [9.17, 15) is 18.8 Å². The van der Waals surface area contributed by atoms with Gasteiger partial charge in [-0.1, -0.05) is 24.3 Å². The maximum absolute atomic E-state index is 12.9. The molecule has 1 N–H and O–H groups in total. The molecule has 1 aliphatic heterocycles. The molecule has 0 bridgehead atoms. The van der Waals surface area contributed by atoms with E-state index in [1.165, 1.54) is 31.1 Å². The van der Waals surface area contributed by atoms with E-state index in [0.717, 1.165) is 5.56 Å². The van der Waals surface area contributed by atoms with Gasteiger partial charge in [-0.2, -0.15) is 0 Å². The van der Waals surface area contributed by atoms with Crippen LogP contribution in [0.4, 0.5) is 10.1 Å². The van der Waals surface area contributed by atoms with Crippen LogP contribution in [0.15, 0.2) is 48.5 Å². The van der Waals surface area contributed by atoms with Gasteiger partial charge in [0, 0.05) is 19.5 Å². The van der Waals surface area contributed by atoms with Crippen molar-refractivity contribution in [1.29, 1.82) is 0 Å². The number of nitrogens with one attached hydrogen (secondary N) is 1. The third-order valence-corrected chi connectivity index (χ3v) is 4.88. The highest BCUT2D eigenvalue weighted by molar-refractivity contribution is 6.00. The molecule has 1 aliphatic rings. The van der Waals surface area contributed by atoms with Gasteiger partial charge in [-0.3, -0.25) is 14.4 Å². The number of benzene rings is 2. The molecule has 30 heavy (non-hydrogen) atoms. The van der Waals surface area contributed by atoms with Crippen molar-refractivity contribution >= 4 is 23.5 Å². The third kappa shape index (κ3) is 4.94. The average molecular weight is 414 g/mol. The lowest BCUT2D eigenvalue weighted by Gasteiger charge is -2.20. The van der Waals surface area contributed by atoms with Crippen LogP contribution in [-0.4, -0.2) is 37.5 Å². The highest BCUT2D eigenvalue weighted by Crippen LogP contribution is 2.33. The standard InChI is InChI=1S/C22H23FN2O5/c1-14(21(27)24-12-15-7-9-17(23)10-8-15)30-22(28)16-11-20(26)25(13-16)18-5-3-4-6-19(18)29-2/h3-10,14,16H,11-13H2,1-2H3,(H,24,27)/t14-,16+/m0/s1. The molecule has 2 atom stereocenters. The SMILES string of the molecule is COc1ccccc1N1C[C@H](C(=O)O[C@@H](C)C(=O)NCc2ccc(F)cc2)CC1=O. The van der Waals surface area contributed by atoms with Gasteiger partial charge in [-0.25, -0.2) is 4.39 Å². The van der Waals surface area contributed by atoms with E-state index in [2.05, 4.69) is 5.32 Å². The molecule has 2 amide bonds. The van der Waals surface area contributed by atoms with E-state index < -0.39 is 23.9 Å². The van der Waals surface area contributed by atoms with Gasteiger partial charge in [0.1, 0.15) is 11.6 Å². The van der Waals surface area contributed by atoms with Crippen LogP contribution in [0, 0.1) is 11.7 Å². The van der Waals surface area contributed by atoms with Gasteiger partial charge in [0.2, 0.25) is 5.91 Å². The van der Waals surface area contributed by atoms with E-state index in [0.29, 0.717) is 11.4 Å². The molecule has 2 aromatic carbocycles. The van der Waals surface area contributed by atoms with Crippen molar-refractivity contribution in [2.45, 2.75) is 26.0 Å². The lowest BCUT2D eigenvalue weighted by Crippen LogP contribution is -2.37. The number of hydrogen-bond acceptors (Lipinski definition) is 5. The summed E-state index contributed by atoms with van der Waals surface area (Å²) < 4.78 is 23.5. The Morgan fingerprint density at radius 2 is 1.90 bits per heavy atom. The maximum atomic E-state index is 12.9. The molecular formula is C22H23FN2O5. The second kappa shape index (κ2) is 9.39. The molecule has 158 valence electrons. The quantitative estimate of drug-likeness (QED) is 0.704. The molecule has 2 aromatic rings. The summed E-state index contributed by atoms with van der Waals surface area (Å²) in [6, 6.07) is 12.8. The Balaban J connectivity index is 1.54. The predicted molar refractivity (Wildman–Crippen MR) is 107 cm³/mol. The minimum Gasteiger partial charge on any atom is -0.495 e. The van der Waals surface area contributed by atoms with Crippen LogP contribution in [0.5, 0.6) is 5.75 Å². The number of para-hydroxylation sites is 2. The Kier molecular flexibility index (Phi) is 6.66. The van der Waals surface area contributed by atoms with Crippen LogP contribution in [0.1, 0.15) is 18.9 Å². The van der Waals surface area contributed by atoms with Crippen molar-refractivity contribution in [3.05, 3.63) is 59.9 Å². The molecule has 1 saturated heterocycles. The maximum Gasteiger partial charge on any atom is 0.312 e. The third-order valence-electron chi connectivity index (χ3n) is 4.88. The highest BCUT2D eigenvalue weighted by atomic mass is 19.1. The van der Waals surface area contributed by atoms with Gasteiger partial charge in [-0.05, 0) is 36.8 Å². The van der Waals surface area contributed by atoms with Gasteiger partial charge in [0.05, 0.1) is 18.7 Å². The summed E-state index contributed by atoms with van der Waals surface area (Å²) in [5, 5.41) is 2.64. The fourth-order valence-corrected chi connectivity index (χ4v) is 3.21. The van der Waals surface area contributed by atoms with Crippen LogP contribution in [-0.2, 0) is 25.7 Å². The van der Waals surface area contributed by atoms with E-state index in [1.807, 2.05) is 0 Å². The minimum absolute atomic E-state index is 0.000794. The Labute approximate surface area is 173 Å². The van der Waals surface area contributed by atoms with Gasteiger partial charge in [0.25, 0.3) is 5.91 Å². The Morgan fingerprint density at radius 1 is 1.20 bits per heavy atom. The van der Waals surface area contributed by atoms with Gasteiger partial charge in [-0.15, -0.1) is 0 Å². The Bertz CT molecular complexity index is 931. The van der Waals surface area contributed by atoms with E-state index in [1.54, 1.807) is 36.4 Å². The number of carbonyl (C=O) groups excluding carboxylic acids is 3. The molecule has 0 radical (unpaired) electrons. The molecule has 8 heteroatoms. The van der Waals surface area contributed by atoms with Gasteiger partial charge < -0.3 is 19.7 Å². The normalized spacial score (nSPS) is 16.8. The number of amides is 2. The van der Waals surface area contributed by atoms with E-state index in [-0.39, 0.29) is 31.2 Å². The molecule has 3 rings (SSSR count). The minimum atomic E-state index is -1.02. The van der Waals surface area contributed by atoms with Crippen molar-refractivity contribution < 1.29 is 28.2 Å². The molecule has 1 fully saturated rings. The first-order valence-corrected chi connectivity index (χ1v) is 9.55. The zero-order valence-electron chi connectivity index (χ0n) is 16.8. The second-order valence-electron chi connectivity index (χ2n) is 7.00. The smallest absolute Gasteiger partial charge is 0.312 e. The number of halogens is 1. The highest BCUT2D eigenvalue weighted by Gasteiger charge is 2.38. The number of methoxy groups -OCH3 is 1. The first kappa shape index (κ1) is 21.3. The summed E-state index contributed by atoms with van der Waals surface area (Å²) in [6.45, 7) is 1.80. The summed E-state index contributed by atoms with van der Waals surface area (Å²) in [4.78, 5) is 38.6. The first-order valence-electron chi connectivity index (χ1n) is 9.55. The summed E-state index contributed by atoms with van der Waals surface area (Å²) in [5.41, 5.74) is 1.31. The molecular weight excluding hydrogens is 391 g/mol. The first-order chi connectivity index (χ1) is 14.4. The van der Waals surface area contributed by atoms with Crippen LogP contribution >= 0.6 is 0 Å². The number of ether oxygens (including phenoxy) is 2. The molecule has 0 saturated carbocycles. The zero-order chi connectivity index (χ0) is 21.7. The molecule has 0 aliphatic carbocycles.